The molecule has 2 N–H and O–H groups in total. The molecule has 6 heteroatoms. The van der Waals surface area contributed by atoms with Crippen molar-refractivity contribution in [1.29, 1.82) is 0 Å². The summed E-state index contributed by atoms with van der Waals surface area (Å²) in [4.78, 5) is 0. The fourth-order valence-corrected chi connectivity index (χ4v) is 5.35. The summed E-state index contributed by atoms with van der Waals surface area (Å²) in [6, 6.07) is 32.5. The number of unbranched alkanes of at least 4 members (excludes halogenated alkanes) is 3. The molecule has 4 aromatic rings. The highest BCUT2D eigenvalue weighted by atomic mass is 16.6. The Labute approximate surface area is 260 Å². The third-order valence-corrected chi connectivity index (χ3v) is 8.35. The van der Waals surface area contributed by atoms with Crippen LogP contribution in [0.3, 0.4) is 0 Å². The van der Waals surface area contributed by atoms with Gasteiger partial charge < -0.3 is 29.2 Å². The van der Waals surface area contributed by atoms with Crippen LogP contribution in [0.2, 0.25) is 0 Å². The van der Waals surface area contributed by atoms with Crippen molar-refractivity contribution in [3.05, 3.63) is 108 Å². The molecule has 0 aliphatic carbocycles. The Morgan fingerprint density at radius 2 is 0.818 bits per heavy atom. The Morgan fingerprint density at radius 3 is 1.14 bits per heavy atom. The van der Waals surface area contributed by atoms with Crippen LogP contribution in [-0.2, 0) is 9.47 Å². The fourth-order valence-electron chi connectivity index (χ4n) is 5.35. The van der Waals surface area contributed by atoms with E-state index in [-0.39, 0.29) is 12.2 Å². The smallest absolute Gasteiger partial charge is 0.119 e. The minimum absolute atomic E-state index is 0.250. The molecule has 2 fully saturated rings. The summed E-state index contributed by atoms with van der Waals surface area (Å²) in [7, 11) is 0. The largest absolute Gasteiger partial charge is 0.491 e. The first-order chi connectivity index (χ1) is 21.6. The minimum Gasteiger partial charge on any atom is -0.491 e. The molecule has 2 aliphatic heterocycles. The molecule has 44 heavy (non-hydrogen) atoms. The minimum atomic E-state index is -0.463. The Morgan fingerprint density at radius 1 is 0.500 bits per heavy atom. The average molecular weight is 595 g/mol. The number of epoxide rings is 2. The molecule has 0 spiro atoms. The number of aliphatic hydroxyl groups excluding tert-OH is 2. The van der Waals surface area contributed by atoms with Crippen LogP contribution in [0.5, 0.6) is 11.5 Å². The van der Waals surface area contributed by atoms with E-state index in [0.29, 0.717) is 13.2 Å². The lowest BCUT2D eigenvalue weighted by Gasteiger charge is -2.13. The van der Waals surface area contributed by atoms with E-state index < -0.39 is 12.2 Å². The van der Waals surface area contributed by atoms with Crippen molar-refractivity contribution in [3.63, 3.8) is 0 Å². The van der Waals surface area contributed by atoms with Crippen LogP contribution in [0.1, 0.15) is 61.9 Å². The molecule has 2 aliphatic rings. The van der Waals surface area contributed by atoms with E-state index in [1.165, 1.54) is 0 Å². The van der Waals surface area contributed by atoms with Crippen molar-refractivity contribution in [2.24, 2.45) is 0 Å². The first kappa shape index (κ1) is 30.4. The van der Waals surface area contributed by atoms with Gasteiger partial charge in [0.15, 0.2) is 0 Å². The fraction of sp³-hybridized carbons (Fsp3) is 0.368. The first-order valence-corrected chi connectivity index (χ1v) is 15.9. The summed E-state index contributed by atoms with van der Waals surface area (Å²) in [6.45, 7) is 2.80. The third kappa shape index (κ3) is 8.93. The molecule has 6 rings (SSSR count). The van der Waals surface area contributed by atoms with Crippen LogP contribution in [0.4, 0.5) is 0 Å². The zero-order valence-electron chi connectivity index (χ0n) is 25.1. The molecule has 230 valence electrons. The van der Waals surface area contributed by atoms with E-state index in [9.17, 15) is 10.2 Å². The van der Waals surface area contributed by atoms with E-state index >= 15 is 0 Å². The van der Waals surface area contributed by atoms with Gasteiger partial charge in [-0.2, -0.15) is 0 Å². The van der Waals surface area contributed by atoms with Crippen LogP contribution < -0.4 is 9.47 Å². The molecule has 0 radical (unpaired) electrons. The van der Waals surface area contributed by atoms with Gasteiger partial charge in [-0.05, 0) is 70.5 Å². The summed E-state index contributed by atoms with van der Waals surface area (Å²) in [6.07, 6.45) is 5.04. The summed E-state index contributed by atoms with van der Waals surface area (Å²) in [5.41, 5.74) is 6.37. The lowest BCUT2D eigenvalue weighted by Crippen LogP contribution is -2.03. The second-order valence-electron chi connectivity index (χ2n) is 11.8. The lowest BCUT2D eigenvalue weighted by atomic mass is 9.97. The van der Waals surface area contributed by atoms with E-state index in [2.05, 4.69) is 48.5 Å². The van der Waals surface area contributed by atoms with Gasteiger partial charge in [-0.25, -0.2) is 0 Å². The van der Waals surface area contributed by atoms with Gasteiger partial charge in [0.25, 0.3) is 0 Å². The van der Waals surface area contributed by atoms with E-state index in [1.807, 2.05) is 48.5 Å². The number of hydrogen-bond acceptors (Lipinski definition) is 6. The van der Waals surface area contributed by atoms with E-state index in [4.69, 9.17) is 18.9 Å². The number of benzene rings is 4. The van der Waals surface area contributed by atoms with E-state index in [1.54, 1.807) is 0 Å². The Bertz CT molecular complexity index is 1310. The standard InChI is InChI=1S/C38H42O6/c39-37(31-11-7-27(8-12-31)29-15-19-33(20-16-29)41-23-35-25-43-35)5-3-1-2-4-6-38(40)32-13-9-28(10-14-32)30-17-21-34(22-18-30)42-24-36-26-44-36/h7-22,35-40H,1-6,23-26H2. The quantitative estimate of drug-likeness (QED) is 0.0964. The van der Waals surface area contributed by atoms with Crippen LogP contribution in [0.15, 0.2) is 97.1 Å². The predicted molar refractivity (Wildman–Crippen MR) is 172 cm³/mol. The molecular formula is C38H42O6. The van der Waals surface area contributed by atoms with Crippen molar-refractivity contribution in [2.75, 3.05) is 26.4 Å². The maximum atomic E-state index is 10.7. The summed E-state index contributed by atoms with van der Waals surface area (Å²) in [5.74, 6) is 1.70. The van der Waals surface area contributed by atoms with Crippen molar-refractivity contribution in [3.8, 4) is 33.8 Å². The molecular weight excluding hydrogens is 552 g/mol. The number of ether oxygens (including phenoxy) is 4. The van der Waals surface area contributed by atoms with Gasteiger partial charge >= 0.3 is 0 Å². The van der Waals surface area contributed by atoms with Gasteiger partial charge in [-0.15, -0.1) is 0 Å². The number of rotatable bonds is 17. The monoisotopic (exact) mass is 594 g/mol. The molecule has 4 aromatic carbocycles. The second kappa shape index (κ2) is 14.9. The molecule has 2 heterocycles. The highest BCUT2D eigenvalue weighted by Gasteiger charge is 2.23. The molecule has 0 aromatic heterocycles. The molecule has 0 saturated carbocycles. The maximum absolute atomic E-state index is 10.7. The highest BCUT2D eigenvalue weighted by molar-refractivity contribution is 5.65. The Kier molecular flexibility index (Phi) is 10.3. The van der Waals surface area contributed by atoms with Crippen LogP contribution in [0.25, 0.3) is 22.3 Å². The van der Waals surface area contributed by atoms with Gasteiger partial charge in [0.05, 0.1) is 25.4 Å². The van der Waals surface area contributed by atoms with Crippen LogP contribution in [-0.4, -0.2) is 48.8 Å². The topological polar surface area (TPSA) is 84.0 Å². The van der Waals surface area contributed by atoms with Crippen molar-refractivity contribution in [1.82, 2.24) is 0 Å². The molecule has 4 unspecified atom stereocenters. The summed E-state index contributed by atoms with van der Waals surface area (Å²) in [5, 5.41) is 21.4. The van der Waals surface area contributed by atoms with Gasteiger partial charge in [0.2, 0.25) is 0 Å². The molecule has 6 nitrogen and oxygen atoms in total. The SMILES string of the molecule is OC(CCCCCCC(O)c1ccc(-c2ccc(OCC3CO3)cc2)cc1)c1ccc(-c2ccc(OCC3CO3)cc2)cc1. The number of hydrogen-bond donors (Lipinski definition) is 2. The molecule has 2 saturated heterocycles. The maximum Gasteiger partial charge on any atom is 0.119 e. The van der Waals surface area contributed by atoms with Crippen molar-refractivity contribution < 1.29 is 29.2 Å². The van der Waals surface area contributed by atoms with E-state index in [0.717, 1.165) is 96.6 Å². The normalized spacial score (nSPS) is 18.4. The highest BCUT2D eigenvalue weighted by Crippen LogP contribution is 2.29. The molecule has 0 amide bonds. The van der Waals surface area contributed by atoms with Gasteiger partial charge in [-0.3, -0.25) is 0 Å². The van der Waals surface area contributed by atoms with Crippen molar-refractivity contribution >= 4 is 0 Å². The van der Waals surface area contributed by atoms with Gasteiger partial charge in [0.1, 0.15) is 36.9 Å². The van der Waals surface area contributed by atoms with Crippen molar-refractivity contribution in [2.45, 2.75) is 62.9 Å². The number of aliphatic hydroxyl groups is 2. The Hall–Kier alpha value is -3.68. The first-order valence-electron chi connectivity index (χ1n) is 15.9. The lowest BCUT2D eigenvalue weighted by molar-refractivity contribution is 0.157. The second-order valence-corrected chi connectivity index (χ2v) is 11.8. The molecule has 4 atom stereocenters. The van der Waals surface area contributed by atoms with Crippen LogP contribution in [0, 0.1) is 0 Å². The zero-order valence-corrected chi connectivity index (χ0v) is 25.1. The van der Waals surface area contributed by atoms with Gasteiger partial charge in [0, 0.05) is 0 Å². The van der Waals surface area contributed by atoms with Crippen LogP contribution >= 0.6 is 0 Å². The molecule has 0 bridgehead atoms. The zero-order chi connectivity index (χ0) is 30.1. The predicted octanol–water partition coefficient (Wildman–Crippen LogP) is 7.68. The van der Waals surface area contributed by atoms with Gasteiger partial charge in [-0.1, -0.05) is 98.5 Å². The summed E-state index contributed by atoms with van der Waals surface area (Å²) >= 11 is 0. The third-order valence-electron chi connectivity index (χ3n) is 8.35. The summed E-state index contributed by atoms with van der Waals surface area (Å²) < 4.78 is 21.8. The average Bonchev–Trinajstić information content (AvgIpc) is 4.01. The Balaban J connectivity index is 0.866.